The predicted molar refractivity (Wildman–Crippen MR) is 52.4 cm³/mol. The molecule has 0 saturated carbocycles. The van der Waals surface area contributed by atoms with Crippen LogP contribution in [0.25, 0.3) is 0 Å². The van der Waals surface area contributed by atoms with E-state index in [-0.39, 0.29) is 6.29 Å². The first-order valence-electron chi connectivity index (χ1n) is 5.05. The first-order valence-corrected chi connectivity index (χ1v) is 5.05. The smallest absolute Gasteiger partial charge is 0.373 e. The van der Waals surface area contributed by atoms with E-state index in [0.717, 1.165) is 12.8 Å². The molecule has 1 radical (unpaired) electrons. The zero-order chi connectivity index (χ0) is 10.8. The molecule has 0 saturated heterocycles. The lowest BCUT2D eigenvalue weighted by Crippen LogP contribution is -2.22. The Morgan fingerprint density at radius 1 is 1.00 bits per heavy atom. The van der Waals surface area contributed by atoms with E-state index in [1.807, 2.05) is 6.92 Å². The minimum atomic E-state index is -0.523. The quantitative estimate of drug-likeness (QED) is 0.446. The van der Waals surface area contributed by atoms with Crippen molar-refractivity contribution in [3.63, 3.8) is 0 Å². The maximum Gasteiger partial charge on any atom is 0.373 e. The van der Waals surface area contributed by atoms with Crippen molar-refractivity contribution in [2.45, 2.75) is 33.6 Å². The summed E-state index contributed by atoms with van der Waals surface area (Å²) in [4.78, 5) is 11.2. The Kier molecular flexibility index (Phi) is 8.57. The van der Waals surface area contributed by atoms with Crippen LogP contribution in [-0.2, 0) is 19.0 Å². The first kappa shape index (κ1) is 13.4. The normalized spacial score (nSPS) is 10.6. The SMILES string of the molecule is CCCCO[C](OCC)C(=O)OCC. The van der Waals surface area contributed by atoms with Crippen LogP contribution in [0.4, 0.5) is 0 Å². The van der Waals surface area contributed by atoms with Gasteiger partial charge in [-0.15, -0.1) is 0 Å². The second kappa shape index (κ2) is 8.97. The number of carbonyl (C=O) groups is 1. The fraction of sp³-hybridized carbons (Fsp3) is 0.800. The van der Waals surface area contributed by atoms with Gasteiger partial charge >= 0.3 is 12.3 Å². The zero-order valence-electron chi connectivity index (χ0n) is 9.17. The molecule has 0 aliphatic rings. The molecular weight excluding hydrogens is 184 g/mol. The van der Waals surface area contributed by atoms with Gasteiger partial charge in [0.05, 0.1) is 13.2 Å². The fourth-order valence-corrected chi connectivity index (χ4v) is 0.790. The average Bonchev–Trinajstić information content (AvgIpc) is 2.17. The lowest BCUT2D eigenvalue weighted by atomic mass is 10.4. The molecule has 83 valence electrons. The highest BCUT2D eigenvalue weighted by atomic mass is 16.7. The summed E-state index contributed by atoms with van der Waals surface area (Å²) in [7, 11) is 0. The molecule has 4 nitrogen and oxygen atoms in total. The van der Waals surface area contributed by atoms with Crippen LogP contribution in [-0.4, -0.2) is 25.8 Å². The van der Waals surface area contributed by atoms with E-state index < -0.39 is 5.97 Å². The molecule has 0 spiro atoms. The van der Waals surface area contributed by atoms with Gasteiger partial charge in [0, 0.05) is 6.61 Å². The van der Waals surface area contributed by atoms with Crippen LogP contribution in [0.15, 0.2) is 0 Å². The Hall–Kier alpha value is -0.610. The van der Waals surface area contributed by atoms with Crippen LogP contribution in [0.2, 0.25) is 0 Å². The second-order valence-corrected chi connectivity index (χ2v) is 2.64. The van der Waals surface area contributed by atoms with Crippen LogP contribution in [0.5, 0.6) is 0 Å². The summed E-state index contributed by atoms with van der Waals surface area (Å²) < 4.78 is 14.9. The number of rotatable bonds is 8. The first-order chi connectivity index (χ1) is 6.76. The van der Waals surface area contributed by atoms with Gasteiger partial charge in [0.2, 0.25) is 0 Å². The van der Waals surface area contributed by atoms with E-state index in [4.69, 9.17) is 14.2 Å². The van der Waals surface area contributed by atoms with Crippen LogP contribution < -0.4 is 0 Å². The highest BCUT2D eigenvalue weighted by Crippen LogP contribution is 2.08. The number of esters is 1. The van der Waals surface area contributed by atoms with E-state index in [9.17, 15) is 4.79 Å². The van der Waals surface area contributed by atoms with Crippen molar-refractivity contribution in [2.24, 2.45) is 0 Å². The number of carbonyl (C=O) groups excluding carboxylic acids is 1. The van der Waals surface area contributed by atoms with E-state index in [0.29, 0.717) is 19.8 Å². The summed E-state index contributed by atoms with van der Waals surface area (Å²) in [6.07, 6.45) is 1.89. The third kappa shape index (κ3) is 5.94. The van der Waals surface area contributed by atoms with Gasteiger partial charge in [-0.25, -0.2) is 4.79 Å². The molecule has 14 heavy (non-hydrogen) atoms. The van der Waals surface area contributed by atoms with Crippen molar-refractivity contribution in [2.75, 3.05) is 19.8 Å². The van der Waals surface area contributed by atoms with Crippen molar-refractivity contribution in [3.05, 3.63) is 6.29 Å². The highest BCUT2D eigenvalue weighted by molar-refractivity contribution is 5.80. The molecule has 0 aliphatic heterocycles. The van der Waals surface area contributed by atoms with Gasteiger partial charge in [-0.2, -0.15) is 0 Å². The van der Waals surface area contributed by atoms with Gasteiger partial charge in [-0.3, -0.25) is 0 Å². The van der Waals surface area contributed by atoms with Crippen molar-refractivity contribution in [1.29, 1.82) is 0 Å². The topological polar surface area (TPSA) is 44.8 Å². The van der Waals surface area contributed by atoms with Crippen LogP contribution >= 0.6 is 0 Å². The molecule has 0 fully saturated rings. The average molecular weight is 203 g/mol. The summed E-state index contributed by atoms with van der Waals surface area (Å²) >= 11 is 0. The molecule has 0 aromatic rings. The molecule has 0 heterocycles. The molecule has 0 rings (SSSR count). The lowest BCUT2D eigenvalue weighted by Gasteiger charge is -2.13. The minimum absolute atomic E-state index is 0.0252. The Labute approximate surface area is 85.5 Å². The maximum absolute atomic E-state index is 11.2. The van der Waals surface area contributed by atoms with Crippen molar-refractivity contribution < 1.29 is 19.0 Å². The molecule has 0 bridgehead atoms. The molecule has 0 aromatic heterocycles. The largest absolute Gasteiger partial charge is 0.462 e. The summed E-state index contributed by atoms with van der Waals surface area (Å²) in [6, 6.07) is 0. The highest BCUT2D eigenvalue weighted by Gasteiger charge is 2.23. The summed E-state index contributed by atoms with van der Waals surface area (Å²) in [6.45, 7) is 6.81. The third-order valence-electron chi connectivity index (χ3n) is 1.45. The molecule has 4 heteroatoms. The monoisotopic (exact) mass is 203 g/mol. The number of ether oxygens (including phenoxy) is 3. The van der Waals surface area contributed by atoms with Crippen molar-refractivity contribution >= 4 is 5.97 Å². The summed E-state index contributed by atoms with van der Waals surface area (Å²) in [5.74, 6) is -0.523. The van der Waals surface area contributed by atoms with E-state index >= 15 is 0 Å². The van der Waals surface area contributed by atoms with E-state index in [1.165, 1.54) is 0 Å². The lowest BCUT2D eigenvalue weighted by molar-refractivity contribution is -0.164. The number of unbranched alkanes of at least 4 members (excludes halogenated alkanes) is 1. The fourth-order valence-electron chi connectivity index (χ4n) is 0.790. The molecule has 0 N–H and O–H groups in total. The van der Waals surface area contributed by atoms with Crippen LogP contribution in [0.1, 0.15) is 33.6 Å². The summed E-state index contributed by atoms with van der Waals surface area (Å²) in [5, 5.41) is 0. The number of hydrogen-bond donors (Lipinski definition) is 0. The van der Waals surface area contributed by atoms with E-state index in [1.54, 1.807) is 13.8 Å². The van der Waals surface area contributed by atoms with Gasteiger partial charge < -0.3 is 14.2 Å². The molecule has 0 unspecified atom stereocenters. The summed E-state index contributed by atoms with van der Waals surface area (Å²) in [5.41, 5.74) is 0. The number of hydrogen-bond acceptors (Lipinski definition) is 4. The van der Waals surface area contributed by atoms with Gasteiger partial charge in [-0.1, -0.05) is 13.3 Å². The van der Waals surface area contributed by atoms with Crippen molar-refractivity contribution in [3.8, 4) is 0 Å². The van der Waals surface area contributed by atoms with Crippen LogP contribution in [0, 0.1) is 6.29 Å². The predicted octanol–water partition coefficient (Wildman–Crippen LogP) is 1.89. The van der Waals surface area contributed by atoms with Gasteiger partial charge in [0.15, 0.2) is 0 Å². The molecule has 0 aromatic carbocycles. The minimum Gasteiger partial charge on any atom is -0.462 e. The third-order valence-corrected chi connectivity index (χ3v) is 1.45. The zero-order valence-corrected chi connectivity index (χ0v) is 9.17. The van der Waals surface area contributed by atoms with Gasteiger partial charge in [-0.05, 0) is 20.3 Å². The standard InChI is InChI=1S/C10H19O4/c1-4-7-8-14-10(13-6-3)9(11)12-5-2/h4-8H2,1-3H3. The van der Waals surface area contributed by atoms with Crippen molar-refractivity contribution in [1.82, 2.24) is 0 Å². The molecule has 0 aliphatic carbocycles. The molecule has 0 atom stereocenters. The Morgan fingerprint density at radius 3 is 2.14 bits per heavy atom. The van der Waals surface area contributed by atoms with Gasteiger partial charge in [0.25, 0.3) is 0 Å². The molecule has 0 amide bonds. The second-order valence-electron chi connectivity index (χ2n) is 2.64. The van der Waals surface area contributed by atoms with Gasteiger partial charge in [0.1, 0.15) is 0 Å². The Morgan fingerprint density at radius 2 is 1.64 bits per heavy atom. The van der Waals surface area contributed by atoms with E-state index in [2.05, 4.69) is 0 Å². The van der Waals surface area contributed by atoms with Crippen LogP contribution in [0.3, 0.4) is 0 Å². The Balaban J connectivity index is 3.81. The molecular formula is C10H19O4. The Bertz CT molecular complexity index is 147. The maximum atomic E-state index is 11.2.